The molecule has 47 heavy (non-hydrogen) atoms. The molecule has 0 saturated heterocycles. The quantitative estimate of drug-likeness (QED) is 0.157. The molecular weight excluding hydrogens is 704 g/mol. The summed E-state index contributed by atoms with van der Waals surface area (Å²) < 4.78 is 7.76. The first kappa shape index (κ1) is 32.8. The van der Waals surface area contributed by atoms with Crippen LogP contribution in [0.5, 0.6) is 5.75 Å². The van der Waals surface area contributed by atoms with Crippen LogP contribution in [0, 0.1) is 20.8 Å². The molecule has 0 radical (unpaired) electrons. The number of ether oxygens (including phenoxy) is 1. The number of fused-ring (bicyclic) bond motifs is 3. The highest BCUT2D eigenvalue weighted by Gasteiger charge is 2.35. The molecule has 3 heterocycles. The Morgan fingerprint density at radius 2 is 1.77 bits per heavy atom. The minimum Gasteiger partial charge on any atom is -0.497 e. The van der Waals surface area contributed by atoms with Crippen LogP contribution < -0.4 is 15.4 Å². The van der Waals surface area contributed by atoms with E-state index in [0.717, 1.165) is 33.2 Å². The van der Waals surface area contributed by atoms with Crippen LogP contribution in [-0.4, -0.2) is 57.3 Å². The number of methoxy groups -OCH3 is 1. The van der Waals surface area contributed by atoms with Gasteiger partial charge in [0.05, 0.1) is 19.2 Å². The van der Waals surface area contributed by atoms with Gasteiger partial charge in [0, 0.05) is 49.2 Å². The SMILES string of the molecule is COc1ccc(C(=O)/C=C/C(=O)N[C@H]2C[C@H](NC(=O)C[C@@H]3N=C(c4ccc(Cl)cc4)c4c(sc(C)c4C)-n4c(C)nnc43)C2)c(Br)c1. The van der Waals surface area contributed by atoms with Crippen LogP contribution >= 0.6 is 38.9 Å². The number of aliphatic imine (C=N–C) groups is 1. The first-order valence-electron chi connectivity index (χ1n) is 15.0. The van der Waals surface area contributed by atoms with E-state index in [1.54, 1.807) is 36.6 Å². The second-order valence-electron chi connectivity index (χ2n) is 11.6. The monoisotopic (exact) mass is 734 g/mol. The molecule has 242 valence electrons. The first-order chi connectivity index (χ1) is 22.5. The Bertz CT molecular complexity index is 1940. The van der Waals surface area contributed by atoms with Crippen LogP contribution in [0.15, 0.2) is 64.1 Å². The summed E-state index contributed by atoms with van der Waals surface area (Å²) in [6.07, 6.45) is 3.72. The number of amides is 2. The zero-order chi connectivity index (χ0) is 33.4. The number of ketones is 1. The molecule has 2 aromatic carbocycles. The number of allylic oxidation sites excluding steroid dienone is 1. The summed E-state index contributed by atoms with van der Waals surface area (Å²) in [5, 5.41) is 16.4. The van der Waals surface area contributed by atoms with Crippen LogP contribution in [0.4, 0.5) is 0 Å². The summed E-state index contributed by atoms with van der Waals surface area (Å²) in [7, 11) is 1.55. The smallest absolute Gasteiger partial charge is 0.244 e. The largest absolute Gasteiger partial charge is 0.497 e. The first-order valence-corrected chi connectivity index (χ1v) is 17.0. The summed E-state index contributed by atoms with van der Waals surface area (Å²) in [4.78, 5) is 44.7. The molecular formula is C34H32BrClN6O4S. The molecule has 1 aliphatic heterocycles. The maximum absolute atomic E-state index is 13.4. The number of rotatable bonds is 9. The van der Waals surface area contributed by atoms with Gasteiger partial charge < -0.3 is 15.4 Å². The van der Waals surface area contributed by atoms with E-state index in [1.807, 2.05) is 35.8 Å². The number of nitrogens with zero attached hydrogens (tertiary/aromatic N) is 4. The van der Waals surface area contributed by atoms with E-state index < -0.39 is 6.04 Å². The highest BCUT2D eigenvalue weighted by Crippen LogP contribution is 2.39. The Hall–Kier alpha value is -4.13. The molecule has 1 atom stereocenters. The van der Waals surface area contributed by atoms with Gasteiger partial charge in [-0.25, -0.2) is 0 Å². The maximum atomic E-state index is 13.4. The van der Waals surface area contributed by atoms with Gasteiger partial charge in [-0.05, 0) is 91.5 Å². The van der Waals surface area contributed by atoms with Gasteiger partial charge in [-0.3, -0.25) is 23.9 Å². The van der Waals surface area contributed by atoms with Crippen molar-refractivity contribution in [1.82, 2.24) is 25.4 Å². The third-order valence-corrected chi connectivity index (χ3v) is 10.5. The van der Waals surface area contributed by atoms with Crippen molar-refractivity contribution in [1.29, 1.82) is 0 Å². The van der Waals surface area contributed by atoms with Crippen molar-refractivity contribution in [2.24, 2.45) is 4.99 Å². The third kappa shape index (κ3) is 6.81. The summed E-state index contributed by atoms with van der Waals surface area (Å²) in [6.45, 7) is 6.08. The van der Waals surface area contributed by atoms with Crippen LogP contribution in [0.1, 0.15) is 68.9 Å². The molecule has 2 N–H and O–H groups in total. The Morgan fingerprint density at radius 1 is 1.04 bits per heavy atom. The molecule has 2 aromatic heterocycles. The Labute approximate surface area is 289 Å². The number of nitrogens with one attached hydrogen (secondary N) is 2. The number of halogens is 2. The molecule has 1 aliphatic carbocycles. The molecule has 4 aromatic rings. The van der Waals surface area contributed by atoms with E-state index in [-0.39, 0.29) is 36.1 Å². The standard InChI is InChI=1S/C34H32BrClN6O4S/c1-17-18(2)47-34-31(17)32(20-5-7-21(36)8-6-20)39-27(33-41-40-19(3)42(33)34)16-30(45)38-23-13-22(14-23)37-29(44)12-11-28(43)25-10-9-24(46-4)15-26(25)35/h5-12,15,22-23,27H,13-14,16H2,1-4H3,(H,37,44)(H,38,45)/b12-11+/t22-,23-,27-/m0/s1. The van der Waals surface area contributed by atoms with E-state index in [4.69, 9.17) is 21.3 Å². The fraction of sp³-hybridized carbons (Fsp3) is 0.294. The van der Waals surface area contributed by atoms with Gasteiger partial charge in [-0.1, -0.05) is 23.7 Å². The predicted molar refractivity (Wildman–Crippen MR) is 185 cm³/mol. The molecule has 13 heteroatoms. The highest BCUT2D eigenvalue weighted by molar-refractivity contribution is 9.10. The molecule has 0 unspecified atom stereocenters. The zero-order valence-corrected chi connectivity index (χ0v) is 29.3. The Morgan fingerprint density at radius 3 is 2.47 bits per heavy atom. The fourth-order valence-corrected chi connectivity index (χ4v) is 7.65. The predicted octanol–water partition coefficient (Wildman–Crippen LogP) is 6.16. The third-order valence-electron chi connectivity index (χ3n) is 8.41. The molecule has 10 nitrogen and oxygen atoms in total. The number of aromatic nitrogens is 3. The molecule has 0 bridgehead atoms. The molecule has 6 rings (SSSR count). The number of thiophene rings is 1. The lowest BCUT2D eigenvalue weighted by Gasteiger charge is -2.36. The topological polar surface area (TPSA) is 128 Å². The minimum atomic E-state index is -0.565. The maximum Gasteiger partial charge on any atom is 0.244 e. The number of carbonyl (C=O) groups is 3. The van der Waals surface area contributed by atoms with Gasteiger partial charge in [0.25, 0.3) is 0 Å². The second kappa shape index (κ2) is 13.5. The molecule has 2 aliphatic rings. The van der Waals surface area contributed by atoms with Crippen LogP contribution in [0.2, 0.25) is 5.02 Å². The fourth-order valence-electron chi connectivity index (χ4n) is 5.76. The lowest BCUT2D eigenvalue weighted by molar-refractivity contribution is -0.123. The normalized spacial score (nSPS) is 18.4. The van der Waals surface area contributed by atoms with E-state index in [1.165, 1.54) is 17.0 Å². The molecule has 0 spiro atoms. The van der Waals surface area contributed by atoms with Gasteiger partial charge in [0.15, 0.2) is 11.6 Å². The van der Waals surface area contributed by atoms with Crippen LogP contribution in [0.25, 0.3) is 5.00 Å². The second-order valence-corrected chi connectivity index (χ2v) is 14.1. The molecule has 1 fully saturated rings. The van der Waals surface area contributed by atoms with Crippen molar-refractivity contribution < 1.29 is 19.1 Å². The van der Waals surface area contributed by atoms with Crippen molar-refractivity contribution >= 4 is 62.2 Å². The van der Waals surface area contributed by atoms with Crippen molar-refractivity contribution in [2.75, 3.05) is 7.11 Å². The Kier molecular flexibility index (Phi) is 9.45. The van der Waals surface area contributed by atoms with Gasteiger partial charge >= 0.3 is 0 Å². The average Bonchev–Trinajstić information content (AvgIpc) is 3.50. The summed E-state index contributed by atoms with van der Waals surface area (Å²) >= 11 is 11.2. The van der Waals surface area contributed by atoms with Crippen molar-refractivity contribution in [3.63, 3.8) is 0 Å². The summed E-state index contributed by atoms with van der Waals surface area (Å²) in [5.41, 5.74) is 4.25. The molecule has 1 saturated carbocycles. The van der Waals surface area contributed by atoms with Crippen LogP contribution in [-0.2, 0) is 9.59 Å². The minimum absolute atomic E-state index is 0.0848. The van der Waals surface area contributed by atoms with Crippen molar-refractivity contribution in [3.05, 3.63) is 103 Å². The summed E-state index contributed by atoms with van der Waals surface area (Å²) in [5.74, 6) is 1.13. The van der Waals surface area contributed by atoms with Gasteiger partial charge in [0.2, 0.25) is 11.8 Å². The van der Waals surface area contributed by atoms with Gasteiger partial charge in [0.1, 0.15) is 22.6 Å². The van der Waals surface area contributed by atoms with Crippen LogP contribution in [0.3, 0.4) is 0 Å². The van der Waals surface area contributed by atoms with Gasteiger partial charge in [-0.2, -0.15) is 0 Å². The number of benzene rings is 2. The highest BCUT2D eigenvalue weighted by atomic mass is 79.9. The van der Waals surface area contributed by atoms with E-state index in [0.29, 0.717) is 39.5 Å². The number of aryl methyl sites for hydroxylation is 2. The van der Waals surface area contributed by atoms with Crippen molar-refractivity contribution in [2.45, 2.75) is 58.2 Å². The van der Waals surface area contributed by atoms with E-state index in [9.17, 15) is 14.4 Å². The lowest BCUT2D eigenvalue weighted by atomic mass is 9.86. The summed E-state index contributed by atoms with van der Waals surface area (Å²) in [6, 6.07) is 11.8. The zero-order valence-electron chi connectivity index (χ0n) is 26.1. The number of hydrogen-bond acceptors (Lipinski definition) is 8. The van der Waals surface area contributed by atoms with Crippen molar-refractivity contribution in [3.8, 4) is 10.8 Å². The van der Waals surface area contributed by atoms with Gasteiger partial charge in [-0.15, -0.1) is 21.5 Å². The van der Waals surface area contributed by atoms with E-state index >= 15 is 0 Å². The molecule has 2 amide bonds. The number of hydrogen-bond donors (Lipinski definition) is 2. The Balaban J connectivity index is 1.10. The number of carbonyl (C=O) groups excluding carboxylic acids is 3. The van der Waals surface area contributed by atoms with E-state index in [2.05, 4.69) is 50.6 Å². The average molecular weight is 736 g/mol. The lowest BCUT2D eigenvalue weighted by Crippen LogP contribution is -2.53.